The maximum absolute atomic E-state index is 11.9. The average molecular weight is 363 g/mol. The minimum absolute atomic E-state index is 0.155. The van der Waals surface area contributed by atoms with Crippen LogP contribution < -0.4 is 19.6 Å². The average Bonchev–Trinajstić information content (AvgIpc) is 2.65. The van der Waals surface area contributed by atoms with Gasteiger partial charge in [-0.15, -0.1) is 0 Å². The van der Waals surface area contributed by atoms with E-state index in [4.69, 9.17) is 25.8 Å². The summed E-state index contributed by atoms with van der Waals surface area (Å²) in [6.45, 7) is 1.61. The predicted molar refractivity (Wildman–Crippen MR) is 96.8 cm³/mol. The molecule has 0 saturated heterocycles. The van der Waals surface area contributed by atoms with Crippen LogP contribution in [0.1, 0.15) is 12.5 Å². The van der Waals surface area contributed by atoms with Crippen molar-refractivity contribution in [2.45, 2.75) is 6.92 Å². The summed E-state index contributed by atoms with van der Waals surface area (Å²) in [6, 6.07) is 12.1. The second-order valence-corrected chi connectivity index (χ2v) is 5.48. The first-order valence-electron chi connectivity index (χ1n) is 7.47. The largest absolute Gasteiger partial charge is 0.497 e. The van der Waals surface area contributed by atoms with Gasteiger partial charge in [-0.2, -0.15) is 5.10 Å². The first-order chi connectivity index (χ1) is 12.0. The van der Waals surface area contributed by atoms with E-state index in [1.165, 1.54) is 0 Å². The molecule has 0 aliphatic heterocycles. The zero-order chi connectivity index (χ0) is 18.2. The molecule has 0 aliphatic carbocycles. The Labute approximate surface area is 151 Å². The number of carbonyl (C=O) groups is 1. The van der Waals surface area contributed by atoms with Crippen LogP contribution in [0.5, 0.6) is 17.2 Å². The minimum Gasteiger partial charge on any atom is -0.497 e. The Kier molecular flexibility index (Phi) is 6.65. The number of carbonyl (C=O) groups excluding carboxylic acids is 1. The van der Waals surface area contributed by atoms with Gasteiger partial charge in [0.2, 0.25) is 0 Å². The van der Waals surface area contributed by atoms with Crippen LogP contribution >= 0.6 is 11.6 Å². The number of hydrazone groups is 1. The second-order valence-electron chi connectivity index (χ2n) is 5.04. The molecule has 25 heavy (non-hydrogen) atoms. The fourth-order valence-electron chi connectivity index (χ4n) is 2.02. The number of hydrogen-bond acceptors (Lipinski definition) is 5. The molecule has 0 bridgehead atoms. The summed E-state index contributed by atoms with van der Waals surface area (Å²) >= 11 is 5.79. The van der Waals surface area contributed by atoms with Gasteiger partial charge in [-0.25, -0.2) is 5.43 Å². The Morgan fingerprint density at radius 3 is 2.40 bits per heavy atom. The normalized spacial score (nSPS) is 11.0. The summed E-state index contributed by atoms with van der Waals surface area (Å²) in [5.41, 5.74) is 3.80. The first kappa shape index (κ1) is 18.6. The molecule has 0 aliphatic rings. The molecule has 0 heterocycles. The van der Waals surface area contributed by atoms with Crippen LogP contribution in [0.3, 0.4) is 0 Å². The molecule has 6 nitrogen and oxygen atoms in total. The highest BCUT2D eigenvalue weighted by molar-refractivity contribution is 6.30. The summed E-state index contributed by atoms with van der Waals surface area (Å²) in [6.07, 6.45) is 0. The molecule has 0 radical (unpaired) electrons. The van der Waals surface area contributed by atoms with Gasteiger partial charge in [-0.05, 0) is 43.3 Å². The summed E-state index contributed by atoms with van der Waals surface area (Å²) < 4.78 is 15.8. The third-order valence-corrected chi connectivity index (χ3v) is 3.58. The van der Waals surface area contributed by atoms with Gasteiger partial charge in [0, 0.05) is 16.7 Å². The van der Waals surface area contributed by atoms with Crippen molar-refractivity contribution in [3.05, 3.63) is 53.1 Å². The molecule has 1 amide bonds. The summed E-state index contributed by atoms with van der Waals surface area (Å²) in [5, 5.41) is 4.68. The first-order valence-corrected chi connectivity index (χ1v) is 7.85. The van der Waals surface area contributed by atoms with Gasteiger partial charge in [0.05, 0.1) is 19.9 Å². The van der Waals surface area contributed by atoms with E-state index in [0.717, 1.165) is 5.56 Å². The topological polar surface area (TPSA) is 69.2 Å². The molecule has 2 aromatic rings. The number of ether oxygens (including phenoxy) is 3. The zero-order valence-corrected chi connectivity index (χ0v) is 15.0. The quantitative estimate of drug-likeness (QED) is 0.606. The second kappa shape index (κ2) is 8.94. The zero-order valence-electron chi connectivity index (χ0n) is 14.2. The van der Waals surface area contributed by atoms with E-state index in [2.05, 4.69) is 10.5 Å². The van der Waals surface area contributed by atoms with Gasteiger partial charge in [-0.1, -0.05) is 11.6 Å². The highest BCUT2D eigenvalue weighted by atomic mass is 35.5. The summed E-state index contributed by atoms with van der Waals surface area (Å²) in [7, 11) is 3.14. The third-order valence-electron chi connectivity index (χ3n) is 3.33. The van der Waals surface area contributed by atoms with Crippen LogP contribution in [-0.4, -0.2) is 32.4 Å². The molecular formula is C18H19ClN2O4. The molecule has 2 aromatic carbocycles. The van der Waals surface area contributed by atoms with E-state index < -0.39 is 0 Å². The predicted octanol–water partition coefficient (Wildman–Crippen LogP) is 3.28. The third kappa shape index (κ3) is 5.39. The van der Waals surface area contributed by atoms with Gasteiger partial charge >= 0.3 is 0 Å². The van der Waals surface area contributed by atoms with Crippen LogP contribution in [0.2, 0.25) is 5.02 Å². The van der Waals surface area contributed by atoms with E-state index in [1.807, 2.05) is 6.07 Å². The van der Waals surface area contributed by atoms with Gasteiger partial charge in [0.25, 0.3) is 5.91 Å². The Morgan fingerprint density at radius 1 is 1.08 bits per heavy atom. The summed E-state index contributed by atoms with van der Waals surface area (Å²) in [5.74, 6) is 1.46. The molecule has 2 rings (SSSR count). The molecule has 0 atom stereocenters. The Balaban J connectivity index is 1.96. The Hall–Kier alpha value is -2.73. The number of rotatable bonds is 7. The van der Waals surface area contributed by atoms with Crippen molar-refractivity contribution in [2.24, 2.45) is 5.10 Å². The molecule has 7 heteroatoms. The Morgan fingerprint density at radius 2 is 1.76 bits per heavy atom. The van der Waals surface area contributed by atoms with Crippen LogP contribution in [0.4, 0.5) is 0 Å². The maximum Gasteiger partial charge on any atom is 0.277 e. The lowest BCUT2D eigenvalue weighted by Crippen LogP contribution is -2.25. The van der Waals surface area contributed by atoms with Crippen molar-refractivity contribution in [1.82, 2.24) is 5.43 Å². The summed E-state index contributed by atoms with van der Waals surface area (Å²) in [4.78, 5) is 11.9. The lowest BCUT2D eigenvalue weighted by molar-refractivity contribution is -0.123. The number of halogens is 1. The number of nitrogens with one attached hydrogen (secondary N) is 1. The number of benzene rings is 2. The van der Waals surface area contributed by atoms with Gasteiger partial charge in [0.15, 0.2) is 6.61 Å². The van der Waals surface area contributed by atoms with E-state index in [-0.39, 0.29) is 12.5 Å². The number of hydrogen-bond donors (Lipinski definition) is 1. The number of methoxy groups -OCH3 is 2. The van der Waals surface area contributed by atoms with E-state index in [0.29, 0.717) is 28.0 Å². The molecule has 1 N–H and O–H groups in total. The lowest BCUT2D eigenvalue weighted by Gasteiger charge is -2.10. The highest BCUT2D eigenvalue weighted by Gasteiger charge is 2.09. The van der Waals surface area contributed by atoms with Crippen molar-refractivity contribution in [1.29, 1.82) is 0 Å². The van der Waals surface area contributed by atoms with E-state index in [1.54, 1.807) is 57.5 Å². The molecule has 0 unspecified atom stereocenters. The smallest absolute Gasteiger partial charge is 0.277 e. The van der Waals surface area contributed by atoms with Crippen molar-refractivity contribution >= 4 is 23.2 Å². The molecule has 0 aromatic heterocycles. The van der Waals surface area contributed by atoms with E-state index in [9.17, 15) is 4.79 Å². The van der Waals surface area contributed by atoms with Crippen molar-refractivity contribution in [3.63, 3.8) is 0 Å². The standard InChI is InChI=1S/C18H19ClN2O4/c1-12(16-9-8-15(23-2)10-17(16)24-3)20-21-18(22)11-25-14-6-4-13(19)5-7-14/h4-10H,11H2,1-3H3,(H,21,22)/b20-12+. The van der Waals surface area contributed by atoms with E-state index >= 15 is 0 Å². The molecule has 0 saturated carbocycles. The van der Waals surface area contributed by atoms with Gasteiger partial charge < -0.3 is 14.2 Å². The molecule has 0 fully saturated rings. The highest BCUT2D eigenvalue weighted by Crippen LogP contribution is 2.25. The molecule has 132 valence electrons. The Bertz CT molecular complexity index is 760. The lowest BCUT2D eigenvalue weighted by atomic mass is 10.1. The fraction of sp³-hybridized carbons (Fsp3) is 0.222. The molecular weight excluding hydrogens is 344 g/mol. The van der Waals surface area contributed by atoms with Crippen molar-refractivity contribution in [2.75, 3.05) is 20.8 Å². The monoisotopic (exact) mass is 362 g/mol. The van der Waals surface area contributed by atoms with Crippen LogP contribution in [-0.2, 0) is 4.79 Å². The van der Waals surface area contributed by atoms with Crippen LogP contribution in [0.25, 0.3) is 0 Å². The number of amides is 1. The number of nitrogens with zero attached hydrogens (tertiary/aromatic N) is 1. The van der Waals surface area contributed by atoms with Crippen LogP contribution in [0.15, 0.2) is 47.6 Å². The van der Waals surface area contributed by atoms with Gasteiger partial charge in [0.1, 0.15) is 17.2 Å². The fourth-order valence-corrected chi connectivity index (χ4v) is 2.14. The minimum atomic E-state index is -0.373. The van der Waals surface area contributed by atoms with Crippen LogP contribution in [0, 0.1) is 0 Å². The molecule has 0 spiro atoms. The van der Waals surface area contributed by atoms with Crippen molar-refractivity contribution < 1.29 is 19.0 Å². The SMILES string of the molecule is COc1ccc(/C(C)=N/NC(=O)COc2ccc(Cl)cc2)c(OC)c1. The van der Waals surface area contributed by atoms with Crippen molar-refractivity contribution in [3.8, 4) is 17.2 Å². The maximum atomic E-state index is 11.9. The van der Waals surface area contributed by atoms with Gasteiger partial charge in [-0.3, -0.25) is 4.79 Å².